The maximum Gasteiger partial charge on any atom is 0.638 e. The van der Waals surface area contributed by atoms with E-state index in [0.29, 0.717) is 32.3 Å². The third kappa shape index (κ3) is 3.87. The molecule has 0 saturated heterocycles. The first-order chi connectivity index (χ1) is 14.4. The smallest absolute Gasteiger partial charge is 0.459 e. The summed E-state index contributed by atoms with van der Waals surface area (Å²) in [5.41, 5.74) is 1.48. The molecule has 0 radical (unpaired) electrons. The van der Waals surface area contributed by atoms with Gasteiger partial charge in [0.15, 0.2) is 5.39 Å². The van der Waals surface area contributed by atoms with Gasteiger partial charge in [0.2, 0.25) is 17.7 Å². The molecular weight excluding hydrogens is 425 g/mol. The topological polar surface area (TPSA) is 77.3 Å². The van der Waals surface area contributed by atoms with Crippen molar-refractivity contribution in [1.29, 1.82) is 0 Å². The van der Waals surface area contributed by atoms with E-state index < -0.39 is 0 Å². The Kier molecular flexibility index (Phi) is 5.44. The van der Waals surface area contributed by atoms with Crippen molar-refractivity contribution in [2.45, 2.75) is 6.54 Å². The molecule has 0 spiro atoms. The number of hydrogen-bond donors (Lipinski definition) is 3. The summed E-state index contributed by atoms with van der Waals surface area (Å²) in [6.07, 6.45) is 0. The Morgan fingerprint density at radius 1 is 0.900 bits per heavy atom. The molecule has 30 heavy (non-hydrogen) atoms. The minimum atomic E-state index is -0.369. The van der Waals surface area contributed by atoms with Crippen molar-refractivity contribution in [3.8, 4) is 17.6 Å². The van der Waals surface area contributed by atoms with Crippen LogP contribution < -0.4 is 14.5 Å². The molecule has 4 rings (SSSR count). The van der Waals surface area contributed by atoms with Crippen LogP contribution in [0.15, 0.2) is 72.8 Å². The van der Waals surface area contributed by atoms with E-state index in [1.54, 1.807) is 72.8 Å². The fraction of sp³-hybridized carbons (Fsp3) is 0.0455. The molecule has 0 aliphatic rings. The summed E-state index contributed by atoms with van der Waals surface area (Å²) in [7, 11) is 0. The van der Waals surface area contributed by atoms with Crippen molar-refractivity contribution in [1.82, 2.24) is 0 Å². The van der Waals surface area contributed by atoms with Gasteiger partial charge in [0, 0.05) is 33.9 Å². The molecule has 0 saturated carbocycles. The first-order valence-corrected chi connectivity index (χ1v) is 9.79. The molecule has 150 valence electrons. The lowest BCUT2D eigenvalue weighted by Crippen LogP contribution is -2.49. The Bertz CT molecular complexity index is 1280. The zero-order valence-corrected chi connectivity index (χ0v) is 17.1. The van der Waals surface area contributed by atoms with Gasteiger partial charge in [-0.25, -0.2) is 0 Å². The van der Waals surface area contributed by atoms with E-state index in [1.807, 2.05) is 0 Å². The fourth-order valence-electron chi connectivity index (χ4n) is 3.26. The van der Waals surface area contributed by atoms with Gasteiger partial charge in [-0.2, -0.15) is 0 Å². The van der Waals surface area contributed by atoms with Crippen molar-refractivity contribution in [3.05, 3.63) is 82.8 Å². The fourth-order valence-corrected chi connectivity index (χ4v) is 3.64. The second kappa shape index (κ2) is 8.18. The van der Waals surface area contributed by atoms with E-state index in [0.717, 1.165) is 0 Å². The van der Waals surface area contributed by atoms with Crippen molar-refractivity contribution >= 4 is 45.7 Å². The van der Waals surface area contributed by atoms with Gasteiger partial charge in [-0.3, -0.25) is 4.79 Å². The van der Waals surface area contributed by atoms with E-state index in [-0.39, 0.29) is 24.3 Å². The average molecular weight is 442 g/mol. The van der Waals surface area contributed by atoms with Crippen LogP contribution in [-0.4, -0.2) is 16.1 Å². The van der Waals surface area contributed by atoms with Crippen molar-refractivity contribution in [3.63, 3.8) is 0 Å². The maximum atomic E-state index is 12.7. The lowest BCUT2D eigenvalue weighted by atomic mass is 10.2. The molecule has 1 amide bonds. The molecule has 0 unspecified atom stereocenters. The number of aromatic nitrogens is 2. The summed E-state index contributed by atoms with van der Waals surface area (Å²) in [5, 5.41) is 26.0. The maximum absolute atomic E-state index is 12.7. The second-order valence-electron chi connectivity index (χ2n) is 6.60. The number of amides is 1. The summed E-state index contributed by atoms with van der Waals surface area (Å²) >= 11 is 12.1. The number of anilines is 1. The lowest BCUT2D eigenvalue weighted by Gasteiger charge is -2.06. The summed E-state index contributed by atoms with van der Waals surface area (Å²) in [5.74, 6) is -0.539. The number of nitrogens with one attached hydrogen (secondary N) is 1. The third-order valence-corrected chi connectivity index (χ3v) is 5.04. The highest BCUT2D eigenvalue weighted by molar-refractivity contribution is 6.31. The number of fused-ring (bicyclic) bond motifs is 1. The summed E-state index contributed by atoms with van der Waals surface area (Å²) in [4.78, 5) is 12.7. The molecule has 0 atom stereocenters. The number of benzene rings is 3. The standard InChI is InChI=1S/C22H15Cl2N3O3/c23-14-5-3-7-16(11-14)25-20(28)13-26-19-10-2-1-9-18(19)21(29)27(22(26)30)17-8-4-6-15(24)12-17/h1-12H,13H2,(H,25,28)/p+2. The highest BCUT2D eigenvalue weighted by Crippen LogP contribution is 2.23. The zero-order chi connectivity index (χ0) is 21.3. The Labute approximate surface area is 182 Å². The number of aromatic hydroxyl groups is 2. The molecular formula is C22H17Cl2N3O3+2. The number of carbonyl (C=O) groups excluding carboxylic acids is 1. The highest BCUT2D eigenvalue weighted by Gasteiger charge is 2.36. The molecule has 0 aliphatic heterocycles. The van der Waals surface area contributed by atoms with Gasteiger partial charge in [-0.1, -0.05) is 52.0 Å². The first kappa shape index (κ1) is 19.9. The summed E-state index contributed by atoms with van der Waals surface area (Å²) in [6, 6.07) is 20.1. The summed E-state index contributed by atoms with van der Waals surface area (Å²) in [6.45, 7) is -0.195. The van der Waals surface area contributed by atoms with Crippen molar-refractivity contribution in [2.75, 3.05) is 5.32 Å². The first-order valence-electron chi connectivity index (χ1n) is 9.04. The van der Waals surface area contributed by atoms with Crippen LogP contribution in [0.25, 0.3) is 16.6 Å². The van der Waals surface area contributed by atoms with Crippen LogP contribution in [0.3, 0.4) is 0 Å². The number of para-hydroxylation sites is 1. The van der Waals surface area contributed by atoms with Crippen LogP contribution in [0.5, 0.6) is 11.9 Å². The van der Waals surface area contributed by atoms with Crippen molar-refractivity contribution in [2.24, 2.45) is 0 Å². The number of nitrogens with zero attached hydrogens (tertiary/aromatic N) is 2. The molecule has 0 aliphatic carbocycles. The predicted molar refractivity (Wildman–Crippen MR) is 114 cm³/mol. The van der Waals surface area contributed by atoms with Crippen LogP contribution in [0.1, 0.15) is 0 Å². The van der Waals surface area contributed by atoms with Gasteiger partial charge < -0.3 is 15.5 Å². The van der Waals surface area contributed by atoms with E-state index in [9.17, 15) is 15.0 Å². The Hall–Kier alpha value is -3.35. The largest absolute Gasteiger partial charge is 0.638 e. The monoisotopic (exact) mass is 441 g/mol. The van der Waals surface area contributed by atoms with Crippen LogP contribution in [0.2, 0.25) is 10.0 Å². The lowest BCUT2D eigenvalue weighted by molar-refractivity contribution is -0.774. The van der Waals surface area contributed by atoms with Crippen LogP contribution in [0.4, 0.5) is 5.69 Å². The minimum Gasteiger partial charge on any atom is -0.459 e. The van der Waals surface area contributed by atoms with Crippen molar-refractivity contribution < 1.29 is 24.1 Å². The average Bonchev–Trinajstić information content (AvgIpc) is 2.71. The molecule has 1 heterocycles. The normalized spacial score (nSPS) is 10.9. The molecule has 8 heteroatoms. The van der Waals surface area contributed by atoms with E-state index in [2.05, 4.69) is 5.32 Å². The van der Waals surface area contributed by atoms with Gasteiger partial charge in [0.05, 0.1) is 0 Å². The van der Waals surface area contributed by atoms with Crippen LogP contribution in [0, 0.1) is 0 Å². The molecule has 0 fully saturated rings. The molecule has 3 N–H and O–H groups in total. The van der Waals surface area contributed by atoms with Gasteiger partial charge in [-0.15, -0.1) is 0 Å². The quantitative estimate of drug-likeness (QED) is 0.422. The summed E-state index contributed by atoms with van der Waals surface area (Å²) < 4.78 is 2.65. The number of rotatable bonds is 4. The minimum absolute atomic E-state index is 0.170. The Morgan fingerprint density at radius 2 is 1.60 bits per heavy atom. The number of hydrogen-bond acceptors (Lipinski definition) is 3. The predicted octanol–water partition coefficient (Wildman–Crippen LogP) is 3.76. The van der Waals surface area contributed by atoms with Gasteiger partial charge >= 0.3 is 11.9 Å². The van der Waals surface area contributed by atoms with Gasteiger partial charge in [0.25, 0.3) is 5.91 Å². The molecule has 6 nitrogen and oxygen atoms in total. The van der Waals surface area contributed by atoms with Gasteiger partial charge in [-0.05, 0) is 34.9 Å². The van der Waals surface area contributed by atoms with Crippen LogP contribution in [-0.2, 0) is 11.3 Å². The highest BCUT2D eigenvalue weighted by atomic mass is 35.5. The number of halogens is 2. The van der Waals surface area contributed by atoms with Gasteiger partial charge in [0.1, 0.15) is 0 Å². The van der Waals surface area contributed by atoms with Crippen LogP contribution >= 0.6 is 23.2 Å². The Morgan fingerprint density at radius 3 is 2.33 bits per heavy atom. The third-order valence-electron chi connectivity index (χ3n) is 4.57. The SMILES string of the molecule is O=C(C[n+]1c(O)[n+](-c2cccc(Cl)c2)c(O)c2ccccc21)Nc1cccc(Cl)c1. The van der Waals surface area contributed by atoms with E-state index >= 15 is 0 Å². The zero-order valence-electron chi connectivity index (χ0n) is 15.6. The molecule has 0 bridgehead atoms. The molecule has 3 aromatic carbocycles. The second-order valence-corrected chi connectivity index (χ2v) is 7.47. The Balaban J connectivity index is 1.81. The molecule has 1 aromatic heterocycles. The van der Waals surface area contributed by atoms with E-state index in [1.165, 1.54) is 9.13 Å². The van der Waals surface area contributed by atoms with E-state index in [4.69, 9.17) is 23.2 Å². The molecule has 4 aromatic rings. The number of carbonyl (C=O) groups is 1.